The lowest BCUT2D eigenvalue weighted by Crippen LogP contribution is -2.72. The topological polar surface area (TPSA) is 118 Å². The first-order chi connectivity index (χ1) is 15.1. The Balaban J connectivity index is 1.64. The van der Waals surface area contributed by atoms with Crippen LogP contribution >= 0.6 is 0 Å². The zero-order chi connectivity index (χ0) is 22.9. The fourth-order valence-corrected chi connectivity index (χ4v) is 8.15. The third-order valence-corrected chi connectivity index (χ3v) is 9.68. The summed E-state index contributed by atoms with van der Waals surface area (Å²) in [4.78, 5) is 24.0. The molecule has 5 aliphatic rings. The fourth-order valence-electron chi connectivity index (χ4n) is 7.01. The first-order valence-corrected chi connectivity index (χ1v) is 12.6. The van der Waals surface area contributed by atoms with Crippen LogP contribution in [-0.2, 0) is 25.2 Å². The third kappa shape index (κ3) is 3.02. The highest BCUT2D eigenvalue weighted by molar-refractivity contribution is 7.89. The number of primary amides is 1. The van der Waals surface area contributed by atoms with E-state index in [1.807, 2.05) is 0 Å². The number of nitrogens with one attached hydrogen (secondary N) is 2. The third-order valence-electron chi connectivity index (χ3n) is 8.28. The van der Waals surface area contributed by atoms with Crippen LogP contribution in [0.15, 0.2) is 17.0 Å². The number of nitrogens with two attached hydrogens (primary N) is 1. The monoisotopic (exact) mass is 467 g/mol. The van der Waals surface area contributed by atoms with Crippen molar-refractivity contribution in [2.24, 2.45) is 34.8 Å². The average Bonchev–Trinajstić information content (AvgIpc) is 3.53. The van der Waals surface area contributed by atoms with E-state index in [1.165, 1.54) is 0 Å². The predicted molar refractivity (Wildman–Crippen MR) is 110 cm³/mol. The molecule has 2 amide bonds. The lowest BCUT2D eigenvalue weighted by atomic mass is 9.40. The molecular weight excluding hydrogens is 440 g/mol. The summed E-state index contributed by atoms with van der Waals surface area (Å²) < 4.78 is 58.8. The fraction of sp³-hybridized carbons (Fsp3) is 0.636. The highest BCUT2D eigenvalue weighted by Gasteiger charge is 2.70. The number of amides is 2. The molecule has 10 heteroatoms. The van der Waals surface area contributed by atoms with E-state index >= 15 is 8.78 Å². The number of halogens is 2. The summed E-state index contributed by atoms with van der Waals surface area (Å²) in [6.45, 7) is 0.222. The molecule has 0 heterocycles. The van der Waals surface area contributed by atoms with Gasteiger partial charge in [-0.3, -0.25) is 9.59 Å². The number of sulfonamides is 1. The number of rotatable bonds is 8. The van der Waals surface area contributed by atoms with Crippen molar-refractivity contribution >= 4 is 22.3 Å². The normalized spacial score (nSPS) is 35.6. The van der Waals surface area contributed by atoms with Crippen LogP contribution in [0, 0.1) is 40.7 Å². The summed E-state index contributed by atoms with van der Waals surface area (Å²) in [6.07, 6.45) is 5.08. The van der Waals surface area contributed by atoms with E-state index < -0.39 is 49.0 Å². The van der Waals surface area contributed by atoms with Crippen molar-refractivity contribution in [2.45, 2.75) is 55.4 Å². The second-order valence-corrected chi connectivity index (χ2v) is 11.9. The van der Waals surface area contributed by atoms with Gasteiger partial charge in [0.1, 0.15) is 11.6 Å². The minimum Gasteiger partial charge on any atom is -0.369 e. The standard InChI is InChI=1S/C22H27F2N3O4S/c23-17-6-16(32(30,31)27-10-12-1-2-12)7-18(24)19(17)22(26-11-28)15-4-13-3-14(5-15)9-21(22,8-13)20(25)29/h6-7,11-15,27H,1-5,8-10H2,(H2,25,29)(H,26,28). The molecule has 5 fully saturated rings. The van der Waals surface area contributed by atoms with Gasteiger partial charge in [0.15, 0.2) is 0 Å². The molecule has 5 aliphatic carbocycles. The van der Waals surface area contributed by atoms with Crippen LogP contribution in [0.1, 0.15) is 50.5 Å². The molecule has 5 saturated carbocycles. The lowest BCUT2D eigenvalue weighted by Gasteiger charge is -2.66. The molecule has 0 aliphatic heterocycles. The molecule has 0 aromatic heterocycles. The Kier molecular flexibility index (Phi) is 4.91. The number of benzene rings is 1. The molecule has 1 aromatic carbocycles. The molecule has 0 spiro atoms. The van der Waals surface area contributed by atoms with E-state index in [1.54, 1.807) is 0 Å². The Morgan fingerprint density at radius 2 is 1.72 bits per heavy atom. The Labute approximate surface area is 185 Å². The van der Waals surface area contributed by atoms with Gasteiger partial charge in [0.05, 0.1) is 21.4 Å². The second kappa shape index (κ2) is 7.21. The second-order valence-electron chi connectivity index (χ2n) is 10.1. The van der Waals surface area contributed by atoms with Crippen LogP contribution in [-0.4, -0.2) is 27.3 Å². The minimum atomic E-state index is -4.10. The number of carbonyl (C=O) groups excluding carboxylic acids is 2. The number of hydrogen-bond donors (Lipinski definition) is 3. The quantitative estimate of drug-likeness (QED) is 0.506. The van der Waals surface area contributed by atoms with Crippen molar-refractivity contribution in [1.29, 1.82) is 0 Å². The van der Waals surface area contributed by atoms with E-state index in [0.29, 0.717) is 32.1 Å². The van der Waals surface area contributed by atoms with Gasteiger partial charge < -0.3 is 11.1 Å². The minimum absolute atomic E-state index is 0.207. The maximum absolute atomic E-state index is 15.6. The van der Waals surface area contributed by atoms with E-state index in [-0.39, 0.29) is 30.2 Å². The van der Waals surface area contributed by atoms with Gasteiger partial charge in [-0.15, -0.1) is 0 Å². The first-order valence-electron chi connectivity index (χ1n) is 11.1. The maximum Gasteiger partial charge on any atom is 0.240 e. The molecule has 6 rings (SSSR count). The van der Waals surface area contributed by atoms with Gasteiger partial charge in [0.2, 0.25) is 22.3 Å². The van der Waals surface area contributed by atoms with E-state index in [0.717, 1.165) is 31.4 Å². The van der Waals surface area contributed by atoms with Crippen LogP contribution in [0.4, 0.5) is 8.78 Å². The largest absolute Gasteiger partial charge is 0.369 e. The molecule has 0 saturated heterocycles. The molecule has 4 bridgehead atoms. The van der Waals surface area contributed by atoms with Crippen LogP contribution in [0.25, 0.3) is 0 Å². The summed E-state index contributed by atoms with van der Waals surface area (Å²) >= 11 is 0. The Hall–Kier alpha value is -2.07. The van der Waals surface area contributed by atoms with Crippen LogP contribution in [0.5, 0.6) is 0 Å². The summed E-state index contributed by atoms with van der Waals surface area (Å²) in [6, 6.07) is 1.56. The molecule has 3 unspecified atom stereocenters. The molecule has 1 aromatic rings. The molecular formula is C22H27F2N3O4S. The molecule has 3 atom stereocenters. The van der Waals surface area contributed by atoms with Crippen LogP contribution < -0.4 is 15.8 Å². The van der Waals surface area contributed by atoms with Gasteiger partial charge in [-0.25, -0.2) is 21.9 Å². The van der Waals surface area contributed by atoms with Gasteiger partial charge in [0.25, 0.3) is 0 Å². The Morgan fingerprint density at radius 1 is 1.12 bits per heavy atom. The smallest absolute Gasteiger partial charge is 0.240 e. The van der Waals surface area contributed by atoms with Crippen molar-refractivity contribution in [3.8, 4) is 0 Å². The summed E-state index contributed by atoms with van der Waals surface area (Å²) in [5, 5.41) is 2.64. The highest BCUT2D eigenvalue weighted by atomic mass is 32.2. The first kappa shape index (κ1) is 21.8. The molecule has 4 N–H and O–H groups in total. The average molecular weight is 468 g/mol. The van der Waals surface area contributed by atoms with Crippen molar-refractivity contribution in [2.75, 3.05) is 6.54 Å². The highest BCUT2D eigenvalue weighted by Crippen LogP contribution is 2.68. The van der Waals surface area contributed by atoms with Crippen LogP contribution in [0.2, 0.25) is 0 Å². The van der Waals surface area contributed by atoms with Gasteiger partial charge in [0, 0.05) is 6.54 Å². The summed E-state index contributed by atoms with van der Waals surface area (Å²) in [5.41, 5.74) is 2.43. The van der Waals surface area contributed by atoms with Gasteiger partial charge in [-0.05, 0) is 80.8 Å². The SMILES string of the molecule is NC(=O)C12CC3CC(CC(C3)C1(NC=O)c1c(F)cc(S(=O)(=O)NCC3CC3)cc1F)C2. The zero-order valence-corrected chi connectivity index (χ0v) is 18.4. The van der Waals surface area contributed by atoms with Gasteiger partial charge in [-0.1, -0.05) is 0 Å². The van der Waals surface area contributed by atoms with Crippen LogP contribution in [0.3, 0.4) is 0 Å². The van der Waals surface area contributed by atoms with Gasteiger partial charge in [-0.2, -0.15) is 0 Å². The summed E-state index contributed by atoms with van der Waals surface area (Å²) in [5.74, 6) is -2.59. The van der Waals surface area contributed by atoms with E-state index in [4.69, 9.17) is 5.73 Å². The predicted octanol–water partition coefficient (Wildman–Crippen LogP) is 1.91. The van der Waals surface area contributed by atoms with Crippen molar-refractivity contribution in [3.63, 3.8) is 0 Å². The molecule has 0 radical (unpaired) electrons. The summed E-state index contributed by atoms with van der Waals surface area (Å²) in [7, 11) is -4.10. The molecule has 174 valence electrons. The van der Waals surface area contributed by atoms with Crippen molar-refractivity contribution in [3.05, 3.63) is 29.3 Å². The Bertz CT molecular complexity index is 1050. The number of hydrogen-bond acceptors (Lipinski definition) is 4. The molecule has 7 nitrogen and oxygen atoms in total. The van der Waals surface area contributed by atoms with Crippen molar-refractivity contribution < 1.29 is 26.8 Å². The Morgan fingerprint density at radius 3 is 2.22 bits per heavy atom. The lowest BCUT2D eigenvalue weighted by molar-refractivity contribution is -0.172. The zero-order valence-electron chi connectivity index (χ0n) is 17.6. The maximum atomic E-state index is 15.6. The number of carbonyl (C=O) groups is 2. The van der Waals surface area contributed by atoms with Gasteiger partial charge >= 0.3 is 0 Å². The van der Waals surface area contributed by atoms with Crippen molar-refractivity contribution in [1.82, 2.24) is 10.0 Å². The van der Waals surface area contributed by atoms with E-state index in [9.17, 15) is 18.0 Å². The molecule has 32 heavy (non-hydrogen) atoms. The van der Waals surface area contributed by atoms with E-state index in [2.05, 4.69) is 10.0 Å².